The zero-order valence-electron chi connectivity index (χ0n) is 11.0. The Kier molecular flexibility index (Phi) is 2.46. The highest BCUT2D eigenvalue weighted by atomic mass is 16.1. The van der Waals surface area contributed by atoms with Crippen LogP contribution in [0.15, 0.2) is 72.3 Å². The molecule has 2 aliphatic rings. The van der Waals surface area contributed by atoms with Gasteiger partial charge in [-0.3, -0.25) is 4.79 Å². The fourth-order valence-electron chi connectivity index (χ4n) is 3.19. The SMILES string of the molecule is O=C1C2=C(C=CC1c1ccccc1)c1ccccc1C2. The largest absolute Gasteiger partial charge is 0.293 e. The van der Waals surface area contributed by atoms with E-state index in [1.807, 2.05) is 48.5 Å². The van der Waals surface area contributed by atoms with Crippen LogP contribution in [0.4, 0.5) is 0 Å². The Bertz CT molecular complexity index is 750. The van der Waals surface area contributed by atoms with Crippen LogP contribution in [0.1, 0.15) is 22.6 Å². The van der Waals surface area contributed by atoms with Crippen molar-refractivity contribution in [2.75, 3.05) is 0 Å². The Morgan fingerprint density at radius 2 is 1.65 bits per heavy atom. The third-order valence-electron chi connectivity index (χ3n) is 4.19. The summed E-state index contributed by atoms with van der Waals surface area (Å²) in [5.41, 5.74) is 5.67. The first-order valence-corrected chi connectivity index (χ1v) is 6.93. The number of benzene rings is 2. The van der Waals surface area contributed by atoms with E-state index in [9.17, 15) is 4.79 Å². The second-order valence-electron chi connectivity index (χ2n) is 5.34. The van der Waals surface area contributed by atoms with Gasteiger partial charge in [-0.1, -0.05) is 66.7 Å². The molecule has 0 fully saturated rings. The van der Waals surface area contributed by atoms with E-state index in [0.29, 0.717) is 0 Å². The van der Waals surface area contributed by atoms with Gasteiger partial charge in [0.1, 0.15) is 0 Å². The molecule has 0 aliphatic heterocycles. The van der Waals surface area contributed by atoms with E-state index in [1.165, 1.54) is 11.1 Å². The molecule has 0 radical (unpaired) electrons. The van der Waals surface area contributed by atoms with Crippen molar-refractivity contribution in [3.05, 3.63) is 89.0 Å². The van der Waals surface area contributed by atoms with Crippen molar-refractivity contribution < 1.29 is 4.79 Å². The summed E-state index contributed by atoms with van der Waals surface area (Å²) < 4.78 is 0. The van der Waals surface area contributed by atoms with Gasteiger partial charge in [-0.15, -0.1) is 0 Å². The minimum Gasteiger partial charge on any atom is -0.293 e. The first-order chi connectivity index (χ1) is 9.84. The van der Waals surface area contributed by atoms with Crippen molar-refractivity contribution in [2.45, 2.75) is 12.3 Å². The molecule has 0 saturated carbocycles. The molecule has 0 N–H and O–H groups in total. The summed E-state index contributed by atoms with van der Waals surface area (Å²) in [5, 5.41) is 0. The molecule has 0 bridgehead atoms. The lowest BCUT2D eigenvalue weighted by atomic mass is 9.84. The Labute approximate surface area is 118 Å². The van der Waals surface area contributed by atoms with Crippen molar-refractivity contribution in [1.82, 2.24) is 0 Å². The van der Waals surface area contributed by atoms with Crippen LogP contribution < -0.4 is 0 Å². The number of hydrogen-bond acceptors (Lipinski definition) is 1. The number of rotatable bonds is 1. The molecule has 0 amide bonds. The number of allylic oxidation sites excluding steroid dienone is 4. The summed E-state index contributed by atoms with van der Waals surface area (Å²) in [6.07, 6.45) is 4.94. The standard InChI is InChI=1S/C19H14O/c20-19-16(13-6-2-1-3-7-13)10-11-17-15-9-5-4-8-14(15)12-18(17)19/h1-11,16H,12H2. The van der Waals surface area contributed by atoms with E-state index >= 15 is 0 Å². The summed E-state index contributed by atoms with van der Waals surface area (Å²) in [4.78, 5) is 12.8. The first kappa shape index (κ1) is 11.4. The zero-order chi connectivity index (χ0) is 13.5. The van der Waals surface area contributed by atoms with Crippen LogP contribution in [0.25, 0.3) is 5.57 Å². The zero-order valence-corrected chi connectivity index (χ0v) is 11.0. The number of carbonyl (C=O) groups excluding carboxylic acids is 1. The molecule has 1 unspecified atom stereocenters. The summed E-state index contributed by atoms with van der Waals surface area (Å²) in [7, 11) is 0. The molecule has 2 aromatic carbocycles. The van der Waals surface area contributed by atoms with Crippen LogP contribution in [0, 0.1) is 0 Å². The minimum absolute atomic E-state index is 0.121. The number of hydrogen-bond donors (Lipinski definition) is 0. The number of Topliss-reactive ketones (excluding diaryl/α,β-unsaturated/α-hetero) is 1. The fourth-order valence-corrected chi connectivity index (χ4v) is 3.19. The molecule has 2 aromatic rings. The predicted molar refractivity (Wildman–Crippen MR) is 80.4 cm³/mol. The maximum absolute atomic E-state index is 12.8. The van der Waals surface area contributed by atoms with Gasteiger partial charge in [0.05, 0.1) is 5.92 Å². The van der Waals surface area contributed by atoms with Crippen molar-refractivity contribution in [1.29, 1.82) is 0 Å². The highest BCUT2D eigenvalue weighted by Gasteiger charge is 2.31. The van der Waals surface area contributed by atoms with Crippen LogP contribution in [0.5, 0.6) is 0 Å². The topological polar surface area (TPSA) is 17.1 Å². The monoisotopic (exact) mass is 258 g/mol. The third-order valence-corrected chi connectivity index (χ3v) is 4.19. The van der Waals surface area contributed by atoms with Crippen molar-refractivity contribution in [3.63, 3.8) is 0 Å². The van der Waals surface area contributed by atoms with Crippen LogP contribution in [0.3, 0.4) is 0 Å². The van der Waals surface area contributed by atoms with Gasteiger partial charge in [0.2, 0.25) is 0 Å². The molecular weight excluding hydrogens is 244 g/mol. The molecule has 0 saturated heterocycles. The van der Waals surface area contributed by atoms with Crippen LogP contribution >= 0.6 is 0 Å². The van der Waals surface area contributed by atoms with Gasteiger partial charge in [-0.05, 0) is 22.3 Å². The molecule has 4 rings (SSSR count). The molecule has 20 heavy (non-hydrogen) atoms. The van der Waals surface area contributed by atoms with Crippen molar-refractivity contribution in [2.24, 2.45) is 0 Å². The summed E-state index contributed by atoms with van der Waals surface area (Å²) in [6, 6.07) is 18.3. The van der Waals surface area contributed by atoms with Gasteiger partial charge in [0, 0.05) is 12.0 Å². The summed E-state index contributed by atoms with van der Waals surface area (Å²) >= 11 is 0. The van der Waals surface area contributed by atoms with E-state index in [2.05, 4.69) is 18.2 Å². The summed E-state index contributed by atoms with van der Waals surface area (Å²) in [5.74, 6) is 0.133. The van der Waals surface area contributed by atoms with Gasteiger partial charge < -0.3 is 0 Å². The molecule has 0 spiro atoms. The van der Waals surface area contributed by atoms with Crippen molar-refractivity contribution in [3.8, 4) is 0 Å². The van der Waals surface area contributed by atoms with E-state index in [1.54, 1.807) is 0 Å². The Morgan fingerprint density at radius 3 is 2.50 bits per heavy atom. The van der Waals surface area contributed by atoms with E-state index in [4.69, 9.17) is 0 Å². The van der Waals surface area contributed by atoms with Gasteiger partial charge >= 0.3 is 0 Å². The van der Waals surface area contributed by atoms with Crippen LogP contribution in [-0.2, 0) is 11.2 Å². The normalized spacial score (nSPS) is 20.0. The smallest absolute Gasteiger partial charge is 0.171 e. The van der Waals surface area contributed by atoms with Gasteiger partial charge in [0.15, 0.2) is 5.78 Å². The van der Waals surface area contributed by atoms with Gasteiger partial charge in [-0.2, -0.15) is 0 Å². The fraction of sp³-hybridized carbons (Fsp3) is 0.105. The summed E-state index contributed by atoms with van der Waals surface area (Å²) in [6.45, 7) is 0. The van der Waals surface area contributed by atoms with E-state index in [0.717, 1.165) is 23.1 Å². The van der Waals surface area contributed by atoms with Gasteiger partial charge in [-0.25, -0.2) is 0 Å². The Balaban J connectivity index is 1.76. The lowest BCUT2D eigenvalue weighted by molar-refractivity contribution is -0.116. The maximum Gasteiger partial charge on any atom is 0.171 e. The quantitative estimate of drug-likeness (QED) is 0.757. The lowest BCUT2D eigenvalue weighted by Gasteiger charge is -2.18. The molecule has 1 atom stereocenters. The van der Waals surface area contributed by atoms with Gasteiger partial charge in [0.25, 0.3) is 0 Å². The van der Waals surface area contributed by atoms with E-state index in [-0.39, 0.29) is 11.7 Å². The number of fused-ring (bicyclic) bond motifs is 2. The third kappa shape index (κ3) is 1.60. The number of carbonyl (C=O) groups is 1. The van der Waals surface area contributed by atoms with Crippen LogP contribution in [0.2, 0.25) is 0 Å². The first-order valence-electron chi connectivity index (χ1n) is 6.93. The van der Waals surface area contributed by atoms with E-state index < -0.39 is 0 Å². The maximum atomic E-state index is 12.8. The molecule has 1 heteroatoms. The highest BCUT2D eigenvalue weighted by Crippen LogP contribution is 2.40. The lowest BCUT2D eigenvalue weighted by Crippen LogP contribution is -2.16. The average molecular weight is 258 g/mol. The Morgan fingerprint density at radius 1 is 0.900 bits per heavy atom. The minimum atomic E-state index is -0.121. The Hall–Kier alpha value is -2.41. The second-order valence-corrected chi connectivity index (χ2v) is 5.34. The molecule has 2 aliphatic carbocycles. The second kappa shape index (κ2) is 4.31. The van der Waals surface area contributed by atoms with Crippen LogP contribution in [-0.4, -0.2) is 5.78 Å². The molecule has 0 aromatic heterocycles. The highest BCUT2D eigenvalue weighted by molar-refractivity contribution is 6.13. The molecule has 0 heterocycles. The molecule has 96 valence electrons. The number of ketones is 1. The molecular formula is C19H14O. The average Bonchev–Trinajstić information content (AvgIpc) is 2.88. The molecule has 1 nitrogen and oxygen atoms in total. The van der Waals surface area contributed by atoms with Crippen molar-refractivity contribution >= 4 is 11.4 Å². The predicted octanol–water partition coefficient (Wildman–Crippen LogP) is 3.92.